The van der Waals surface area contributed by atoms with E-state index in [9.17, 15) is 0 Å². The molecule has 12 heavy (non-hydrogen) atoms. The van der Waals surface area contributed by atoms with Crippen LogP contribution in [-0.4, -0.2) is 11.9 Å². The van der Waals surface area contributed by atoms with Crippen LogP contribution < -0.4 is 0 Å². The fraction of sp³-hybridized carbons (Fsp3) is 0.400. The minimum atomic E-state index is 0.939. The Morgan fingerprint density at radius 3 is 2.83 bits per heavy atom. The largest absolute Gasteiger partial charge is 0.439 e. The number of hydrogen-bond acceptors (Lipinski definition) is 2. The molecule has 0 aromatic rings. The van der Waals surface area contributed by atoms with Gasteiger partial charge in [-0.05, 0) is 31.9 Å². The highest BCUT2D eigenvalue weighted by molar-refractivity contribution is 5.35. The lowest BCUT2D eigenvalue weighted by atomic mass is 10.1. The van der Waals surface area contributed by atoms with Gasteiger partial charge in [-0.1, -0.05) is 6.08 Å². The molecule has 2 nitrogen and oxygen atoms in total. The van der Waals surface area contributed by atoms with Crippen LogP contribution >= 0.6 is 0 Å². The van der Waals surface area contributed by atoms with Gasteiger partial charge in [-0.3, -0.25) is 0 Å². The summed E-state index contributed by atoms with van der Waals surface area (Å²) in [4.78, 5) is 2.09. The molecule has 0 atom stereocenters. The zero-order chi connectivity index (χ0) is 8.55. The van der Waals surface area contributed by atoms with Gasteiger partial charge in [0.1, 0.15) is 5.76 Å². The van der Waals surface area contributed by atoms with Crippen LogP contribution in [0.25, 0.3) is 0 Å². The first-order valence-corrected chi connectivity index (χ1v) is 4.31. The molecule has 0 unspecified atom stereocenters. The maximum absolute atomic E-state index is 5.61. The average molecular weight is 163 g/mol. The molecular weight excluding hydrogens is 150 g/mol. The van der Waals surface area contributed by atoms with Gasteiger partial charge in [0.25, 0.3) is 0 Å². The Hall–Kier alpha value is -1.18. The van der Waals surface area contributed by atoms with Crippen LogP contribution in [0.5, 0.6) is 0 Å². The minimum absolute atomic E-state index is 0.939. The van der Waals surface area contributed by atoms with E-state index in [-0.39, 0.29) is 0 Å². The van der Waals surface area contributed by atoms with Crippen LogP contribution in [-0.2, 0) is 4.74 Å². The van der Waals surface area contributed by atoms with E-state index in [4.69, 9.17) is 4.74 Å². The Morgan fingerprint density at radius 1 is 1.42 bits per heavy atom. The second kappa shape index (κ2) is 2.70. The molecule has 0 aromatic carbocycles. The van der Waals surface area contributed by atoms with Crippen molar-refractivity contribution in [2.75, 3.05) is 7.05 Å². The van der Waals surface area contributed by atoms with E-state index >= 15 is 0 Å². The molecule has 1 fully saturated rings. The van der Waals surface area contributed by atoms with E-state index in [1.165, 1.54) is 5.70 Å². The number of allylic oxidation sites excluding steroid dienone is 3. The van der Waals surface area contributed by atoms with E-state index < -0.39 is 0 Å². The van der Waals surface area contributed by atoms with E-state index in [1.54, 1.807) is 0 Å². The van der Waals surface area contributed by atoms with Gasteiger partial charge < -0.3 is 9.64 Å². The summed E-state index contributed by atoms with van der Waals surface area (Å²) in [5.74, 6) is 1.96. The molecule has 2 rings (SSSR count). The first-order valence-electron chi connectivity index (χ1n) is 4.31. The fourth-order valence-corrected chi connectivity index (χ4v) is 1.59. The molecule has 0 N–H and O–H groups in total. The Kier molecular flexibility index (Phi) is 1.68. The Bertz CT molecular complexity index is 286. The van der Waals surface area contributed by atoms with Crippen molar-refractivity contribution < 1.29 is 4.74 Å². The third-order valence-corrected chi connectivity index (χ3v) is 2.24. The van der Waals surface area contributed by atoms with E-state index in [0.29, 0.717) is 0 Å². The number of likely N-dealkylation sites (N-methyl/N-ethyl adjacent to an activating group) is 1. The number of nitrogens with zero attached hydrogens (tertiary/aromatic N) is 1. The molecule has 1 saturated heterocycles. The van der Waals surface area contributed by atoms with E-state index in [0.717, 1.165) is 24.5 Å². The molecule has 0 saturated carbocycles. The molecule has 1 heterocycles. The van der Waals surface area contributed by atoms with Crippen molar-refractivity contribution in [3.8, 4) is 0 Å². The first-order chi connectivity index (χ1) is 5.83. The van der Waals surface area contributed by atoms with Crippen molar-refractivity contribution in [1.82, 2.24) is 4.90 Å². The number of hydrogen-bond donors (Lipinski definition) is 0. The van der Waals surface area contributed by atoms with Crippen LogP contribution in [0.2, 0.25) is 0 Å². The smallest absolute Gasteiger partial charge is 0.196 e. The molecule has 0 spiro atoms. The molecule has 0 bridgehead atoms. The second-order valence-electron chi connectivity index (χ2n) is 3.02. The topological polar surface area (TPSA) is 12.5 Å². The van der Waals surface area contributed by atoms with Crippen LogP contribution in [0.15, 0.2) is 35.6 Å². The normalized spacial score (nSPS) is 24.8. The highest BCUT2D eigenvalue weighted by atomic mass is 16.5. The molecule has 1 aliphatic carbocycles. The monoisotopic (exact) mass is 163 g/mol. The summed E-state index contributed by atoms with van der Waals surface area (Å²) < 4.78 is 5.61. The lowest BCUT2D eigenvalue weighted by Crippen LogP contribution is -2.09. The van der Waals surface area contributed by atoms with Crippen LogP contribution in [0.3, 0.4) is 0 Å². The molecule has 1 aliphatic heterocycles. The van der Waals surface area contributed by atoms with Gasteiger partial charge in [-0.2, -0.15) is 0 Å². The van der Waals surface area contributed by atoms with E-state index in [1.807, 2.05) is 20.0 Å². The van der Waals surface area contributed by atoms with Gasteiger partial charge in [0.05, 0.1) is 5.70 Å². The number of fused-ring (bicyclic) bond motifs is 1. The summed E-state index contributed by atoms with van der Waals surface area (Å²) in [6, 6.07) is 0. The Morgan fingerprint density at radius 2 is 2.17 bits per heavy atom. The lowest BCUT2D eigenvalue weighted by Gasteiger charge is -2.11. The first kappa shape index (κ1) is 7.47. The maximum Gasteiger partial charge on any atom is 0.196 e. The summed E-state index contributed by atoms with van der Waals surface area (Å²) >= 11 is 0. The highest BCUT2D eigenvalue weighted by Crippen LogP contribution is 2.33. The number of rotatable bonds is 0. The third-order valence-electron chi connectivity index (χ3n) is 2.24. The lowest BCUT2D eigenvalue weighted by molar-refractivity contribution is 0.291. The van der Waals surface area contributed by atoms with Crippen LogP contribution in [0.4, 0.5) is 0 Å². The SMILES string of the molecule is CC=C1OC2=CCCC=C2N1C. The van der Waals surface area contributed by atoms with E-state index in [2.05, 4.69) is 17.1 Å². The second-order valence-corrected chi connectivity index (χ2v) is 3.02. The zero-order valence-corrected chi connectivity index (χ0v) is 7.50. The Labute approximate surface area is 72.8 Å². The van der Waals surface area contributed by atoms with Crippen molar-refractivity contribution in [1.29, 1.82) is 0 Å². The molecule has 64 valence electrons. The van der Waals surface area contributed by atoms with Crippen molar-refractivity contribution in [2.24, 2.45) is 0 Å². The van der Waals surface area contributed by atoms with Gasteiger partial charge in [-0.25, -0.2) is 0 Å². The van der Waals surface area contributed by atoms with Crippen molar-refractivity contribution >= 4 is 0 Å². The molecule has 0 radical (unpaired) electrons. The van der Waals surface area contributed by atoms with Gasteiger partial charge in [0.15, 0.2) is 5.88 Å². The molecule has 2 aliphatic rings. The maximum atomic E-state index is 5.61. The summed E-state index contributed by atoms with van der Waals surface area (Å²) in [6.07, 6.45) is 8.60. The number of ether oxygens (including phenoxy) is 1. The quantitative estimate of drug-likeness (QED) is 0.543. The van der Waals surface area contributed by atoms with Crippen molar-refractivity contribution in [3.05, 3.63) is 35.6 Å². The van der Waals surface area contributed by atoms with Crippen LogP contribution in [0, 0.1) is 0 Å². The molecule has 0 amide bonds. The average Bonchev–Trinajstić information content (AvgIpc) is 2.44. The van der Waals surface area contributed by atoms with Crippen molar-refractivity contribution in [2.45, 2.75) is 19.8 Å². The van der Waals surface area contributed by atoms with Gasteiger partial charge in [0.2, 0.25) is 0 Å². The van der Waals surface area contributed by atoms with Gasteiger partial charge in [0, 0.05) is 7.05 Å². The third kappa shape index (κ3) is 0.951. The molecular formula is C10H13NO. The van der Waals surface area contributed by atoms with Gasteiger partial charge in [-0.15, -0.1) is 0 Å². The highest BCUT2D eigenvalue weighted by Gasteiger charge is 2.26. The molecule has 2 heteroatoms. The summed E-state index contributed by atoms with van der Waals surface area (Å²) in [6.45, 7) is 1.99. The summed E-state index contributed by atoms with van der Waals surface area (Å²) in [5, 5.41) is 0. The van der Waals surface area contributed by atoms with Crippen molar-refractivity contribution in [3.63, 3.8) is 0 Å². The van der Waals surface area contributed by atoms with Crippen LogP contribution in [0.1, 0.15) is 19.8 Å². The summed E-state index contributed by atoms with van der Waals surface area (Å²) in [7, 11) is 2.04. The fourth-order valence-electron chi connectivity index (χ4n) is 1.59. The predicted octanol–water partition coefficient (Wildman–Crippen LogP) is 2.37. The Balaban J connectivity index is 2.37. The molecule has 0 aromatic heterocycles. The summed E-state index contributed by atoms with van der Waals surface area (Å²) in [5.41, 5.74) is 1.22. The van der Waals surface area contributed by atoms with Gasteiger partial charge >= 0.3 is 0 Å². The minimum Gasteiger partial charge on any atom is -0.439 e. The zero-order valence-electron chi connectivity index (χ0n) is 7.50. The standard InChI is InChI=1S/C10H13NO/c1-3-10-11(2)8-6-4-5-7-9(8)12-10/h3,6-7H,4-5H2,1-2H3. The predicted molar refractivity (Wildman–Crippen MR) is 48.0 cm³/mol.